The average molecular weight is 217 g/mol. The quantitative estimate of drug-likeness (QED) is 0.530. The van der Waals surface area contributed by atoms with Crippen molar-refractivity contribution >= 4 is 0 Å². The van der Waals surface area contributed by atoms with Crippen molar-refractivity contribution in [2.75, 3.05) is 20.8 Å². The van der Waals surface area contributed by atoms with Crippen LogP contribution in [0.4, 0.5) is 0 Å². The molecule has 0 spiro atoms. The third kappa shape index (κ3) is 4.47. The Morgan fingerprint density at radius 2 is 1.87 bits per heavy atom. The fourth-order valence-electron chi connectivity index (χ4n) is 2.04. The van der Waals surface area contributed by atoms with Crippen molar-refractivity contribution in [3.05, 3.63) is 0 Å². The van der Waals surface area contributed by atoms with Gasteiger partial charge in [0.1, 0.15) is 0 Å². The Balaban J connectivity index is 2.28. The minimum Gasteiger partial charge on any atom is -0.392 e. The monoisotopic (exact) mass is 217 g/mol. The van der Waals surface area contributed by atoms with Gasteiger partial charge in [-0.05, 0) is 12.8 Å². The lowest BCUT2D eigenvalue weighted by Gasteiger charge is -2.24. The van der Waals surface area contributed by atoms with Crippen molar-refractivity contribution in [1.82, 2.24) is 5.32 Å². The van der Waals surface area contributed by atoms with Gasteiger partial charge >= 0.3 is 0 Å². The van der Waals surface area contributed by atoms with E-state index >= 15 is 0 Å². The van der Waals surface area contributed by atoms with Gasteiger partial charge in [-0.3, -0.25) is 0 Å². The fourth-order valence-corrected chi connectivity index (χ4v) is 2.04. The Labute approximate surface area is 92.0 Å². The number of nitrogens with one attached hydrogen (secondary N) is 1. The van der Waals surface area contributed by atoms with E-state index in [1.165, 1.54) is 12.8 Å². The molecule has 0 heterocycles. The Morgan fingerprint density at radius 3 is 2.53 bits per heavy atom. The third-order valence-corrected chi connectivity index (χ3v) is 3.05. The molecule has 0 aromatic rings. The van der Waals surface area contributed by atoms with Gasteiger partial charge in [0.2, 0.25) is 0 Å². The second-order valence-electron chi connectivity index (χ2n) is 4.12. The first-order valence-electron chi connectivity index (χ1n) is 5.75. The van der Waals surface area contributed by atoms with Crippen molar-refractivity contribution in [2.24, 2.45) is 0 Å². The van der Waals surface area contributed by atoms with Crippen LogP contribution in [-0.4, -0.2) is 44.3 Å². The Hall–Kier alpha value is -0.160. The number of ether oxygens (including phenoxy) is 2. The molecular formula is C11H23NO3. The number of hydrogen-bond acceptors (Lipinski definition) is 4. The van der Waals surface area contributed by atoms with Crippen molar-refractivity contribution < 1.29 is 14.6 Å². The minimum atomic E-state index is -0.222. The molecule has 4 heteroatoms. The van der Waals surface area contributed by atoms with Gasteiger partial charge in [0.05, 0.1) is 6.10 Å². The largest absolute Gasteiger partial charge is 0.392 e. The predicted octanol–water partition coefficient (Wildman–Crippen LogP) is 0.888. The highest BCUT2D eigenvalue weighted by molar-refractivity contribution is 4.79. The van der Waals surface area contributed by atoms with Crippen LogP contribution in [0.2, 0.25) is 0 Å². The highest BCUT2D eigenvalue weighted by Gasteiger charge is 2.21. The summed E-state index contributed by atoms with van der Waals surface area (Å²) in [5.74, 6) is 0. The molecule has 1 aliphatic carbocycles. The van der Waals surface area contributed by atoms with E-state index in [0.29, 0.717) is 6.54 Å². The maximum atomic E-state index is 9.86. The zero-order chi connectivity index (χ0) is 11.1. The number of aliphatic hydroxyl groups is 1. The van der Waals surface area contributed by atoms with Crippen LogP contribution in [0.25, 0.3) is 0 Å². The molecule has 2 N–H and O–H groups in total. The maximum absolute atomic E-state index is 9.86. The molecule has 0 aromatic heterocycles. The molecule has 1 aliphatic rings. The standard InChI is InChI=1S/C11H23NO3/c1-14-11(15-2)8-12-9-6-4-3-5-7-10(9)13/h9-13H,3-8H2,1-2H3. The molecule has 4 nitrogen and oxygen atoms in total. The normalized spacial score (nSPS) is 28.0. The third-order valence-electron chi connectivity index (χ3n) is 3.05. The summed E-state index contributed by atoms with van der Waals surface area (Å²) in [7, 11) is 3.25. The number of methoxy groups -OCH3 is 2. The Bertz CT molecular complexity index is 162. The lowest BCUT2D eigenvalue weighted by atomic mass is 10.1. The van der Waals surface area contributed by atoms with E-state index in [1.54, 1.807) is 14.2 Å². The first kappa shape index (κ1) is 12.9. The van der Waals surface area contributed by atoms with Gasteiger partial charge in [0.15, 0.2) is 6.29 Å². The Kier molecular flexibility index (Phi) is 6.17. The summed E-state index contributed by atoms with van der Waals surface area (Å²) in [6, 6.07) is 0.195. The van der Waals surface area contributed by atoms with Gasteiger partial charge < -0.3 is 19.9 Å². The average Bonchev–Trinajstić information content (AvgIpc) is 2.45. The summed E-state index contributed by atoms with van der Waals surface area (Å²) in [4.78, 5) is 0. The van der Waals surface area contributed by atoms with Crippen LogP contribution in [0, 0.1) is 0 Å². The lowest BCUT2D eigenvalue weighted by Crippen LogP contribution is -2.43. The van der Waals surface area contributed by atoms with Crippen LogP contribution in [0.5, 0.6) is 0 Å². The van der Waals surface area contributed by atoms with Crippen LogP contribution in [0.1, 0.15) is 32.1 Å². The first-order valence-corrected chi connectivity index (χ1v) is 5.75. The fraction of sp³-hybridized carbons (Fsp3) is 1.00. The maximum Gasteiger partial charge on any atom is 0.169 e. The van der Waals surface area contributed by atoms with E-state index in [4.69, 9.17) is 9.47 Å². The van der Waals surface area contributed by atoms with Gasteiger partial charge in [-0.2, -0.15) is 0 Å². The summed E-state index contributed by atoms with van der Waals surface area (Å²) in [6.07, 6.45) is 5.07. The summed E-state index contributed by atoms with van der Waals surface area (Å²) < 4.78 is 10.2. The molecule has 1 saturated carbocycles. The molecule has 0 aliphatic heterocycles. The van der Waals surface area contributed by atoms with E-state index in [-0.39, 0.29) is 18.4 Å². The molecular weight excluding hydrogens is 194 g/mol. The molecule has 1 fully saturated rings. The van der Waals surface area contributed by atoms with E-state index in [2.05, 4.69) is 5.32 Å². The first-order chi connectivity index (χ1) is 7.27. The van der Waals surface area contributed by atoms with Gasteiger partial charge in [-0.25, -0.2) is 0 Å². The molecule has 2 atom stereocenters. The van der Waals surface area contributed by atoms with E-state index in [1.807, 2.05) is 0 Å². The zero-order valence-electron chi connectivity index (χ0n) is 9.74. The number of rotatable bonds is 5. The van der Waals surface area contributed by atoms with Crippen molar-refractivity contribution in [2.45, 2.75) is 50.5 Å². The molecule has 90 valence electrons. The lowest BCUT2D eigenvalue weighted by molar-refractivity contribution is -0.101. The number of hydrogen-bond donors (Lipinski definition) is 2. The molecule has 0 bridgehead atoms. The summed E-state index contributed by atoms with van der Waals surface area (Å²) in [5.41, 5.74) is 0. The number of aliphatic hydroxyl groups excluding tert-OH is 1. The van der Waals surface area contributed by atoms with Crippen LogP contribution in [0.3, 0.4) is 0 Å². The topological polar surface area (TPSA) is 50.7 Å². The van der Waals surface area contributed by atoms with Gasteiger partial charge in [-0.1, -0.05) is 19.3 Å². The summed E-state index contributed by atoms with van der Waals surface area (Å²) in [5, 5.41) is 13.2. The van der Waals surface area contributed by atoms with Gasteiger partial charge in [-0.15, -0.1) is 0 Å². The van der Waals surface area contributed by atoms with E-state index < -0.39 is 0 Å². The van der Waals surface area contributed by atoms with Crippen LogP contribution in [0.15, 0.2) is 0 Å². The van der Waals surface area contributed by atoms with Crippen LogP contribution < -0.4 is 5.32 Å². The smallest absolute Gasteiger partial charge is 0.169 e. The van der Waals surface area contributed by atoms with Gasteiger partial charge in [0.25, 0.3) is 0 Å². The molecule has 0 aromatic carbocycles. The highest BCUT2D eigenvalue weighted by atomic mass is 16.7. The molecule has 0 amide bonds. The van der Waals surface area contributed by atoms with E-state index in [9.17, 15) is 5.11 Å². The minimum absolute atomic E-state index is 0.195. The van der Waals surface area contributed by atoms with Crippen LogP contribution in [-0.2, 0) is 9.47 Å². The highest BCUT2D eigenvalue weighted by Crippen LogP contribution is 2.17. The predicted molar refractivity (Wildman–Crippen MR) is 58.7 cm³/mol. The molecule has 0 radical (unpaired) electrons. The molecule has 2 unspecified atom stereocenters. The zero-order valence-corrected chi connectivity index (χ0v) is 9.74. The summed E-state index contributed by atoms with van der Waals surface area (Å²) >= 11 is 0. The molecule has 0 saturated heterocycles. The molecule has 1 rings (SSSR count). The SMILES string of the molecule is COC(CNC1CCCCCC1O)OC. The van der Waals surface area contributed by atoms with Crippen molar-refractivity contribution in [1.29, 1.82) is 0 Å². The Morgan fingerprint density at radius 1 is 1.20 bits per heavy atom. The van der Waals surface area contributed by atoms with Crippen molar-refractivity contribution in [3.63, 3.8) is 0 Å². The second-order valence-corrected chi connectivity index (χ2v) is 4.12. The van der Waals surface area contributed by atoms with Gasteiger partial charge in [0, 0.05) is 26.8 Å². The second kappa shape index (κ2) is 7.17. The van der Waals surface area contributed by atoms with Crippen LogP contribution >= 0.6 is 0 Å². The summed E-state index contributed by atoms with van der Waals surface area (Å²) in [6.45, 7) is 0.634. The van der Waals surface area contributed by atoms with Crippen molar-refractivity contribution in [3.8, 4) is 0 Å². The molecule has 15 heavy (non-hydrogen) atoms. The van der Waals surface area contributed by atoms with E-state index in [0.717, 1.165) is 19.3 Å².